The minimum atomic E-state index is 0.559. The number of aryl methyl sites for hydroxylation is 1. The van der Waals surface area contributed by atoms with Crippen LogP contribution < -0.4 is 5.73 Å². The largest absolute Gasteiger partial charge is 0.384 e. The van der Waals surface area contributed by atoms with Crippen molar-refractivity contribution in [2.24, 2.45) is 0 Å². The second-order valence-corrected chi connectivity index (χ2v) is 6.19. The van der Waals surface area contributed by atoms with E-state index in [9.17, 15) is 0 Å². The fourth-order valence-electron chi connectivity index (χ4n) is 3.42. The highest BCUT2D eigenvalue weighted by molar-refractivity contribution is 5.41. The second-order valence-electron chi connectivity index (χ2n) is 6.19. The molecule has 0 atom stereocenters. The molecule has 1 aromatic carbocycles. The summed E-state index contributed by atoms with van der Waals surface area (Å²) in [6.07, 6.45) is 7.83. The molecular weight excluding hydrogens is 258 g/mol. The van der Waals surface area contributed by atoms with E-state index in [4.69, 9.17) is 10.7 Å². The summed E-state index contributed by atoms with van der Waals surface area (Å²) >= 11 is 0. The molecule has 3 rings (SSSR count). The van der Waals surface area contributed by atoms with Gasteiger partial charge in [-0.15, -0.1) is 0 Å². The van der Waals surface area contributed by atoms with E-state index in [2.05, 4.69) is 35.8 Å². The fraction of sp³-hybridized carbons (Fsp3) is 0.500. The third-order valence-corrected chi connectivity index (χ3v) is 4.65. The SMILES string of the molecule is Cc1nc(C2CCCCCC2)c(N)n1Cc1ccccc1. The van der Waals surface area contributed by atoms with Crippen LogP contribution in [0.1, 0.15) is 61.5 Å². The summed E-state index contributed by atoms with van der Waals surface area (Å²) in [5.41, 5.74) is 8.85. The normalized spacial score (nSPS) is 16.8. The highest BCUT2D eigenvalue weighted by atomic mass is 15.1. The van der Waals surface area contributed by atoms with E-state index in [0.29, 0.717) is 5.92 Å². The van der Waals surface area contributed by atoms with Crippen molar-refractivity contribution in [1.29, 1.82) is 0 Å². The molecule has 112 valence electrons. The monoisotopic (exact) mass is 283 g/mol. The highest BCUT2D eigenvalue weighted by Gasteiger charge is 2.22. The predicted molar refractivity (Wildman–Crippen MR) is 87.4 cm³/mol. The Bertz CT molecular complexity index is 578. The van der Waals surface area contributed by atoms with Gasteiger partial charge < -0.3 is 10.3 Å². The summed E-state index contributed by atoms with van der Waals surface area (Å²) in [5.74, 6) is 2.47. The lowest BCUT2D eigenvalue weighted by Crippen LogP contribution is -2.08. The van der Waals surface area contributed by atoms with Crippen molar-refractivity contribution in [3.8, 4) is 0 Å². The molecular formula is C18H25N3. The van der Waals surface area contributed by atoms with Crippen LogP contribution in [-0.2, 0) is 6.54 Å². The van der Waals surface area contributed by atoms with Gasteiger partial charge in [-0.25, -0.2) is 4.98 Å². The highest BCUT2D eigenvalue weighted by Crippen LogP contribution is 2.34. The number of hydrogen-bond donors (Lipinski definition) is 1. The number of hydrogen-bond acceptors (Lipinski definition) is 2. The number of nitrogen functional groups attached to an aromatic ring is 1. The van der Waals surface area contributed by atoms with Crippen LogP contribution in [0, 0.1) is 6.92 Å². The first-order valence-electron chi connectivity index (χ1n) is 8.12. The minimum Gasteiger partial charge on any atom is -0.384 e. The van der Waals surface area contributed by atoms with Crippen LogP contribution in [0.3, 0.4) is 0 Å². The standard InChI is InChI=1S/C18H25N3/c1-14-20-17(16-11-7-2-3-8-12-16)18(19)21(14)13-15-9-5-4-6-10-15/h4-6,9-10,16H,2-3,7-8,11-13,19H2,1H3. The lowest BCUT2D eigenvalue weighted by Gasteiger charge is -2.13. The molecule has 3 nitrogen and oxygen atoms in total. The Kier molecular flexibility index (Phi) is 4.28. The van der Waals surface area contributed by atoms with Gasteiger partial charge in [0.15, 0.2) is 0 Å². The van der Waals surface area contributed by atoms with Gasteiger partial charge in [0.05, 0.1) is 12.2 Å². The molecule has 2 N–H and O–H groups in total. The van der Waals surface area contributed by atoms with E-state index in [1.165, 1.54) is 44.1 Å². The maximum Gasteiger partial charge on any atom is 0.127 e. The van der Waals surface area contributed by atoms with Gasteiger partial charge in [-0.05, 0) is 25.3 Å². The Morgan fingerprint density at radius 3 is 2.43 bits per heavy atom. The molecule has 0 bridgehead atoms. The van der Waals surface area contributed by atoms with Crippen molar-refractivity contribution in [2.45, 2.75) is 57.9 Å². The van der Waals surface area contributed by atoms with Crippen molar-refractivity contribution in [1.82, 2.24) is 9.55 Å². The zero-order chi connectivity index (χ0) is 14.7. The van der Waals surface area contributed by atoms with Gasteiger partial charge in [-0.1, -0.05) is 56.0 Å². The molecule has 21 heavy (non-hydrogen) atoms. The summed E-state index contributed by atoms with van der Waals surface area (Å²) < 4.78 is 2.16. The number of benzene rings is 1. The quantitative estimate of drug-likeness (QED) is 0.855. The topological polar surface area (TPSA) is 43.8 Å². The first-order chi connectivity index (χ1) is 10.3. The van der Waals surface area contributed by atoms with E-state index in [1.54, 1.807) is 0 Å². The molecule has 1 aromatic heterocycles. The number of nitrogens with zero attached hydrogens (tertiary/aromatic N) is 2. The third-order valence-electron chi connectivity index (χ3n) is 4.65. The number of aromatic nitrogens is 2. The summed E-state index contributed by atoms with van der Waals surface area (Å²) in [6, 6.07) is 10.5. The summed E-state index contributed by atoms with van der Waals surface area (Å²) in [7, 11) is 0. The predicted octanol–water partition coefficient (Wildman–Crippen LogP) is 4.26. The molecule has 1 heterocycles. The number of imidazole rings is 1. The first-order valence-corrected chi connectivity index (χ1v) is 8.12. The van der Waals surface area contributed by atoms with Crippen molar-refractivity contribution in [2.75, 3.05) is 5.73 Å². The van der Waals surface area contributed by atoms with Crippen LogP contribution in [0.25, 0.3) is 0 Å². The van der Waals surface area contributed by atoms with Crippen LogP contribution in [-0.4, -0.2) is 9.55 Å². The Balaban J connectivity index is 1.85. The number of rotatable bonds is 3. The molecule has 1 aliphatic rings. The summed E-state index contributed by atoms with van der Waals surface area (Å²) in [5, 5.41) is 0. The molecule has 3 heteroatoms. The van der Waals surface area contributed by atoms with E-state index < -0.39 is 0 Å². The Morgan fingerprint density at radius 2 is 1.76 bits per heavy atom. The number of anilines is 1. The second kappa shape index (κ2) is 6.33. The molecule has 0 aliphatic heterocycles. The average Bonchev–Trinajstić information content (AvgIpc) is 2.72. The maximum atomic E-state index is 6.43. The molecule has 2 aromatic rings. The van der Waals surface area contributed by atoms with Gasteiger partial charge in [-0.3, -0.25) is 0 Å². The fourth-order valence-corrected chi connectivity index (χ4v) is 3.42. The minimum absolute atomic E-state index is 0.559. The van der Waals surface area contributed by atoms with Gasteiger partial charge in [0, 0.05) is 5.92 Å². The lowest BCUT2D eigenvalue weighted by molar-refractivity contribution is 0.581. The molecule has 1 saturated carbocycles. The van der Waals surface area contributed by atoms with Crippen molar-refractivity contribution in [3.63, 3.8) is 0 Å². The van der Waals surface area contributed by atoms with Gasteiger partial charge in [0.2, 0.25) is 0 Å². The van der Waals surface area contributed by atoms with Crippen molar-refractivity contribution >= 4 is 5.82 Å². The molecule has 0 amide bonds. The van der Waals surface area contributed by atoms with Gasteiger partial charge in [0.1, 0.15) is 11.6 Å². The Labute approximate surface area is 127 Å². The molecule has 0 radical (unpaired) electrons. The van der Waals surface area contributed by atoms with Gasteiger partial charge in [0.25, 0.3) is 0 Å². The van der Waals surface area contributed by atoms with Crippen molar-refractivity contribution in [3.05, 3.63) is 47.4 Å². The van der Waals surface area contributed by atoms with Gasteiger partial charge >= 0.3 is 0 Å². The van der Waals surface area contributed by atoms with Crippen LogP contribution in [0.2, 0.25) is 0 Å². The van der Waals surface area contributed by atoms with Crippen LogP contribution in [0.4, 0.5) is 5.82 Å². The van der Waals surface area contributed by atoms with Crippen LogP contribution >= 0.6 is 0 Å². The zero-order valence-corrected chi connectivity index (χ0v) is 12.9. The first kappa shape index (κ1) is 14.2. The van der Waals surface area contributed by atoms with E-state index >= 15 is 0 Å². The van der Waals surface area contributed by atoms with Gasteiger partial charge in [-0.2, -0.15) is 0 Å². The average molecular weight is 283 g/mol. The molecule has 1 aliphatic carbocycles. The van der Waals surface area contributed by atoms with Crippen LogP contribution in [0.5, 0.6) is 0 Å². The van der Waals surface area contributed by atoms with E-state index in [0.717, 1.165) is 23.9 Å². The summed E-state index contributed by atoms with van der Waals surface area (Å²) in [6.45, 7) is 2.89. The Hall–Kier alpha value is -1.77. The molecule has 0 unspecified atom stereocenters. The maximum absolute atomic E-state index is 6.43. The van der Waals surface area contributed by atoms with E-state index in [1.807, 2.05) is 6.07 Å². The third kappa shape index (κ3) is 3.12. The van der Waals surface area contributed by atoms with Crippen LogP contribution in [0.15, 0.2) is 30.3 Å². The zero-order valence-electron chi connectivity index (χ0n) is 12.9. The van der Waals surface area contributed by atoms with E-state index in [-0.39, 0.29) is 0 Å². The smallest absolute Gasteiger partial charge is 0.127 e. The lowest BCUT2D eigenvalue weighted by atomic mass is 9.96. The summed E-state index contributed by atoms with van der Waals surface area (Å²) in [4.78, 5) is 4.81. The van der Waals surface area contributed by atoms with Crippen molar-refractivity contribution < 1.29 is 0 Å². The Morgan fingerprint density at radius 1 is 1.10 bits per heavy atom. The number of nitrogens with two attached hydrogens (primary N) is 1. The molecule has 0 saturated heterocycles. The molecule has 0 spiro atoms. The molecule has 1 fully saturated rings.